The van der Waals surface area contributed by atoms with Gasteiger partial charge in [0.05, 0.1) is 36.7 Å². The maximum Gasteiger partial charge on any atom is 0.307 e. The normalized spacial score (nSPS) is 22.4. The smallest absolute Gasteiger partial charge is 0.307 e. The van der Waals surface area contributed by atoms with E-state index in [9.17, 15) is 4.79 Å². The molecule has 3 atom stereocenters. The van der Waals surface area contributed by atoms with Gasteiger partial charge in [-0.2, -0.15) is 0 Å². The van der Waals surface area contributed by atoms with Crippen molar-refractivity contribution in [2.24, 2.45) is 11.8 Å². The summed E-state index contributed by atoms with van der Waals surface area (Å²) in [7, 11) is 0. The Labute approximate surface area is 227 Å². The minimum absolute atomic E-state index is 0.0682. The molecule has 0 radical (unpaired) electrons. The monoisotopic (exact) mass is 531 g/mol. The van der Waals surface area contributed by atoms with Crippen molar-refractivity contribution >= 4 is 11.8 Å². The van der Waals surface area contributed by atoms with Crippen LogP contribution in [0.2, 0.25) is 0 Å². The van der Waals surface area contributed by atoms with Crippen LogP contribution >= 0.6 is 0 Å². The number of aliphatic carboxylic acids is 1. The fourth-order valence-corrected chi connectivity index (χ4v) is 6.23. The van der Waals surface area contributed by atoms with Crippen LogP contribution in [0.1, 0.15) is 65.6 Å². The number of anilines is 1. The molecule has 39 heavy (non-hydrogen) atoms. The first-order chi connectivity index (χ1) is 18.9. The zero-order chi connectivity index (χ0) is 27.1. The maximum atomic E-state index is 15.2. The number of benzene rings is 2. The van der Waals surface area contributed by atoms with E-state index < -0.39 is 5.97 Å². The molecule has 0 bridgehead atoms. The van der Waals surface area contributed by atoms with E-state index in [1.165, 1.54) is 0 Å². The van der Waals surface area contributed by atoms with Crippen LogP contribution in [-0.2, 0) is 16.0 Å². The third-order valence-electron chi connectivity index (χ3n) is 8.42. The summed E-state index contributed by atoms with van der Waals surface area (Å²) in [5.74, 6) is 0.518. The molecule has 1 saturated carbocycles. The minimum atomic E-state index is -0.791. The molecule has 6 rings (SSSR count). The Morgan fingerprint density at radius 1 is 1.13 bits per heavy atom. The molecule has 8 heteroatoms. The molecule has 2 heterocycles. The van der Waals surface area contributed by atoms with E-state index in [0.29, 0.717) is 36.0 Å². The molecule has 7 nitrogen and oxygen atoms in total. The summed E-state index contributed by atoms with van der Waals surface area (Å²) in [5.41, 5.74) is 6.83. The van der Waals surface area contributed by atoms with E-state index in [1.54, 1.807) is 18.5 Å². The van der Waals surface area contributed by atoms with Crippen molar-refractivity contribution in [3.63, 3.8) is 0 Å². The first-order valence-electron chi connectivity index (χ1n) is 13.8. The highest BCUT2D eigenvalue weighted by Crippen LogP contribution is 2.47. The average Bonchev–Trinajstić information content (AvgIpc) is 3.63. The number of carboxylic acid groups (broad SMARTS) is 1. The van der Waals surface area contributed by atoms with E-state index in [2.05, 4.69) is 41.3 Å². The first-order valence-corrected chi connectivity index (χ1v) is 13.8. The van der Waals surface area contributed by atoms with Crippen LogP contribution in [0.5, 0.6) is 5.75 Å². The quantitative estimate of drug-likeness (QED) is 0.369. The highest BCUT2D eigenvalue weighted by atomic mass is 19.1. The minimum Gasteiger partial charge on any atom is -0.493 e. The second-order valence-electron chi connectivity index (χ2n) is 11.1. The standard InChI is InChI=1S/C31H34FN3O4/c1-17-11-20(39-16-19-7-9-38-10-8-19)12-18(2)29(17)21-3-5-25(32)30-22(21)4-6-26(30)35-28-15-33-27(14-34-28)23-13-24(23)31(36)37/h3,5,11-12,14-15,19,23-24,26H,4,6-10,13,16H2,1-2H3,(H,34,35)(H,36,37)/t23-,24-,26?/m1/s1. The van der Waals surface area contributed by atoms with Gasteiger partial charge in [0.15, 0.2) is 0 Å². The predicted octanol–water partition coefficient (Wildman–Crippen LogP) is 5.99. The second-order valence-corrected chi connectivity index (χ2v) is 11.1. The highest BCUT2D eigenvalue weighted by molar-refractivity contribution is 5.77. The second kappa shape index (κ2) is 10.6. The molecule has 0 spiro atoms. The molecule has 1 unspecified atom stereocenters. The summed E-state index contributed by atoms with van der Waals surface area (Å²) in [5, 5.41) is 12.5. The van der Waals surface area contributed by atoms with Gasteiger partial charge in [-0.1, -0.05) is 6.07 Å². The van der Waals surface area contributed by atoms with E-state index in [-0.39, 0.29) is 23.7 Å². The molecule has 1 saturated heterocycles. The fourth-order valence-electron chi connectivity index (χ4n) is 6.23. The Hall–Kier alpha value is -3.52. The summed E-state index contributed by atoms with van der Waals surface area (Å²) in [6, 6.07) is 7.44. The van der Waals surface area contributed by atoms with Crippen LogP contribution in [0.15, 0.2) is 36.7 Å². The van der Waals surface area contributed by atoms with Gasteiger partial charge < -0.3 is 19.9 Å². The Morgan fingerprint density at radius 2 is 1.90 bits per heavy atom. The lowest BCUT2D eigenvalue weighted by molar-refractivity contribution is -0.138. The Balaban J connectivity index is 1.20. The van der Waals surface area contributed by atoms with Crippen LogP contribution < -0.4 is 10.1 Å². The van der Waals surface area contributed by atoms with Crippen molar-refractivity contribution in [1.29, 1.82) is 0 Å². The van der Waals surface area contributed by atoms with Crippen molar-refractivity contribution in [2.75, 3.05) is 25.1 Å². The number of carboxylic acids is 1. The number of ether oxygens (including phenoxy) is 2. The Morgan fingerprint density at radius 3 is 2.56 bits per heavy atom. The first kappa shape index (κ1) is 25.7. The molecule has 2 N–H and O–H groups in total. The van der Waals surface area contributed by atoms with Gasteiger partial charge in [0, 0.05) is 24.7 Å². The third-order valence-corrected chi connectivity index (χ3v) is 8.42. The number of hydrogen-bond acceptors (Lipinski definition) is 6. The van der Waals surface area contributed by atoms with Crippen molar-refractivity contribution in [2.45, 2.75) is 57.9 Å². The molecule has 2 aliphatic carbocycles. The summed E-state index contributed by atoms with van der Waals surface area (Å²) < 4.78 is 26.8. The number of nitrogens with one attached hydrogen (secondary N) is 1. The highest BCUT2D eigenvalue weighted by Gasteiger charge is 2.45. The van der Waals surface area contributed by atoms with Crippen molar-refractivity contribution in [3.8, 4) is 16.9 Å². The summed E-state index contributed by atoms with van der Waals surface area (Å²) in [6.45, 7) is 6.50. The van der Waals surface area contributed by atoms with Crippen LogP contribution in [0.3, 0.4) is 0 Å². The molecule has 2 fully saturated rings. The van der Waals surface area contributed by atoms with E-state index in [4.69, 9.17) is 14.6 Å². The van der Waals surface area contributed by atoms with Crippen LogP contribution in [-0.4, -0.2) is 40.9 Å². The van der Waals surface area contributed by atoms with Crippen LogP contribution in [0.4, 0.5) is 10.2 Å². The summed E-state index contributed by atoms with van der Waals surface area (Å²) >= 11 is 0. The molecule has 3 aliphatic rings. The van der Waals surface area contributed by atoms with Gasteiger partial charge in [-0.15, -0.1) is 0 Å². The topological polar surface area (TPSA) is 93.6 Å². The number of rotatable bonds is 8. The van der Waals surface area contributed by atoms with E-state index in [1.807, 2.05) is 6.07 Å². The molecule has 3 aromatic rings. The number of nitrogens with zero attached hydrogens (tertiary/aromatic N) is 2. The predicted molar refractivity (Wildman–Crippen MR) is 146 cm³/mol. The van der Waals surface area contributed by atoms with E-state index in [0.717, 1.165) is 72.5 Å². The van der Waals surface area contributed by atoms with Crippen molar-refractivity contribution < 1.29 is 23.8 Å². The SMILES string of the molecule is Cc1cc(OCC2CCOCC2)cc(C)c1-c1ccc(F)c2c1CCC2Nc1cnc([C@@H]2C[C@H]2C(=O)O)cn1. The maximum absolute atomic E-state index is 15.2. The number of aryl methyl sites for hydroxylation is 2. The lowest BCUT2D eigenvalue weighted by Crippen LogP contribution is -2.21. The number of hydrogen-bond donors (Lipinski definition) is 2. The number of halogens is 1. The Bertz CT molecular complexity index is 1360. The molecule has 1 aromatic heterocycles. The number of carbonyl (C=O) groups is 1. The van der Waals surface area contributed by atoms with E-state index >= 15 is 4.39 Å². The molecular formula is C31H34FN3O4. The van der Waals surface area contributed by atoms with Gasteiger partial charge in [-0.3, -0.25) is 9.78 Å². The summed E-state index contributed by atoms with van der Waals surface area (Å²) in [4.78, 5) is 20.1. The lowest BCUT2D eigenvalue weighted by atomic mass is 9.90. The average molecular weight is 532 g/mol. The molecule has 1 aliphatic heterocycles. The van der Waals surface area contributed by atoms with Crippen LogP contribution in [0, 0.1) is 31.5 Å². The molecule has 2 aromatic carbocycles. The molecular weight excluding hydrogens is 497 g/mol. The van der Waals surface area contributed by atoms with Gasteiger partial charge in [-0.25, -0.2) is 9.37 Å². The zero-order valence-electron chi connectivity index (χ0n) is 22.4. The van der Waals surface area contributed by atoms with Gasteiger partial charge >= 0.3 is 5.97 Å². The van der Waals surface area contributed by atoms with Gasteiger partial charge in [0.2, 0.25) is 0 Å². The Kier molecular flexibility index (Phi) is 6.97. The van der Waals surface area contributed by atoms with Gasteiger partial charge in [0.25, 0.3) is 0 Å². The molecule has 204 valence electrons. The van der Waals surface area contributed by atoms with Gasteiger partial charge in [-0.05, 0) is 97.9 Å². The fraction of sp³-hybridized carbons (Fsp3) is 0.452. The molecule has 0 amide bonds. The van der Waals surface area contributed by atoms with Crippen LogP contribution in [0.25, 0.3) is 11.1 Å². The van der Waals surface area contributed by atoms with Crippen molar-refractivity contribution in [3.05, 3.63) is 70.4 Å². The van der Waals surface area contributed by atoms with Crippen molar-refractivity contribution in [1.82, 2.24) is 9.97 Å². The summed E-state index contributed by atoms with van der Waals surface area (Å²) in [6.07, 6.45) is 7.44. The number of fused-ring (bicyclic) bond motifs is 1. The third kappa shape index (κ3) is 5.22. The number of aromatic nitrogens is 2. The lowest BCUT2D eigenvalue weighted by Gasteiger charge is -2.23. The van der Waals surface area contributed by atoms with Gasteiger partial charge in [0.1, 0.15) is 17.4 Å². The zero-order valence-corrected chi connectivity index (χ0v) is 22.4. The largest absolute Gasteiger partial charge is 0.493 e.